The molecule has 0 aromatic heterocycles. The first-order valence-corrected chi connectivity index (χ1v) is 6.95. The highest BCUT2D eigenvalue weighted by Gasteiger charge is 2.40. The smallest absolute Gasteiger partial charge is 0.320 e. The molecular weight excluding hydrogens is 228 g/mol. The second kappa shape index (κ2) is 5.45. The molecule has 0 aromatic rings. The molecule has 0 aliphatic carbocycles. The molecule has 2 aliphatic heterocycles. The van der Waals surface area contributed by atoms with Crippen LogP contribution in [-0.2, 0) is 0 Å². The lowest BCUT2D eigenvalue weighted by molar-refractivity contribution is 0.141. The van der Waals surface area contributed by atoms with Crippen molar-refractivity contribution < 1.29 is 4.79 Å². The van der Waals surface area contributed by atoms with Crippen LogP contribution in [0.15, 0.2) is 0 Å². The monoisotopic (exact) mass is 254 g/mol. The van der Waals surface area contributed by atoms with E-state index in [1.807, 2.05) is 23.8 Å². The van der Waals surface area contributed by atoms with Crippen molar-refractivity contribution in [1.29, 1.82) is 0 Å². The molecule has 2 heterocycles. The van der Waals surface area contributed by atoms with Gasteiger partial charge < -0.3 is 20.4 Å². The largest absolute Gasteiger partial charge is 0.326 e. The maximum absolute atomic E-state index is 12.2. The first-order chi connectivity index (χ1) is 8.49. The minimum absolute atomic E-state index is 0.0510. The Morgan fingerprint density at radius 1 is 1.39 bits per heavy atom. The zero-order valence-electron chi connectivity index (χ0n) is 11.8. The van der Waals surface area contributed by atoms with E-state index in [1.54, 1.807) is 0 Å². The summed E-state index contributed by atoms with van der Waals surface area (Å²) in [5, 5.41) is 0. The summed E-state index contributed by atoms with van der Waals surface area (Å²) in [6, 6.07) is 0.555. The number of carbonyl (C=O) groups excluding carboxylic acids is 1. The van der Waals surface area contributed by atoms with Gasteiger partial charge in [0.2, 0.25) is 0 Å². The quantitative estimate of drug-likeness (QED) is 0.794. The Kier molecular flexibility index (Phi) is 4.12. The summed E-state index contributed by atoms with van der Waals surface area (Å²) in [6.07, 6.45) is 2.48. The van der Waals surface area contributed by atoms with Crippen molar-refractivity contribution in [1.82, 2.24) is 14.7 Å². The second-order valence-electron chi connectivity index (χ2n) is 6.01. The first-order valence-electron chi connectivity index (χ1n) is 6.95. The Labute approximate surface area is 110 Å². The highest BCUT2D eigenvalue weighted by molar-refractivity contribution is 5.77. The molecule has 2 aliphatic rings. The average molecular weight is 254 g/mol. The third-order valence-corrected chi connectivity index (χ3v) is 4.19. The highest BCUT2D eigenvalue weighted by Crippen LogP contribution is 2.27. The molecule has 0 saturated carbocycles. The lowest BCUT2D eigenvalue weighted by atomic mass is 9.90. The van der Waals surface area contributed by atoms with E-state index in [2.05, 4.69) is 11.9 Å². The Morgan fingerprint density at radius 2 is 2.11 bits per heavy atom. The van der Waals surface area contributed by atoms with E-state index in [0.29, 0.717) is 18.5 Å². The van der Waals surface area contributed by atoms with Crippen LogP contribution in [0.2, 0.25) is 0 Å². The van der Waals surface area contributed by atoms with Gasteiger partial charge in [0, 0.05) is 32.7 Å². The molecule has 2 rings (SSSR count). The van der Waals surface area contributed by atoms with Crippen LogP contribution in [0.25, 0.3) is 0 Å². The van der Waals surface area contributed by atoms with E-state index >= 15 is 0 Å². The van der Waals surface area contributed by atoms with E-state index in [-0.39, 0.29) is 12.1 Å². The molecule has 2 saturated heterocycles. The van der Waals surface area contributed by atoms with Gasteiger partial charge in [0.25, 0.3) is 0 Å². The molecule has 5 heteroatoms. The minimum atomic E-state index is 0.0510. The SMILES string of the molecule is CC(N)CN1CC(C2CCCN(C)C2)N(C)C1=O. The van der Waals surface area contributed by atoms with Crippen LogP contribution in [0, 0.1) is 5.92 Å². The number of carbonyl (C=O) groups is 1. The van der Waals surface area contributed by atoms with Crippen LogP contribution in [0.1, 0.15) is 19.8 Å². The molecule has 104 valence electrons. The summed E-state index contributed by atoms with van der Waals surface area (Å²) in [5.41, 5.74) is 5.81. The van der Waals surface area contributed by atoms with Crippen molar-refractivity contribution in [3.63, 3.8) is 0 Å². The third kappa shape index (κ3) is 2.78. The summed E-state index contributed by atoms with van der Waals surface area (Å²) in [4.78, 5) is 18.4. The maximum Gasteiger partial charge on any atom is 0.320 e. The van der Waals surface area contributed by atoms with Crippen molar-refractivity contribution in [2.75, 3.05) is 40.3 Å². The summed E-state index contributed by atoms with van der Waals surface area (Å²) in [5.74, 6) is 0.607. The predicted octanol–water partition coefficient (Wildman–Crippen LogP) is 0.411. The van der Waals surface area contributed by atoms with Gasteiger partial charge in [0.1, 0.15) is 0 Å². The normalized spacial score (nSPS) is 32.1. The molecule has 2 N–H and O–H groups in total. The number of hydrogen-bond acceptors (Lipinski definition) is 3. The Hall–Kier alpha value is -0.810. The molecule has 3 atom stereocenters. The Balaban J connectivity index is 1.99. The van der Waals surface area contributed by atoms with E-state index in [9.17, 15) is 4.79 Å². The standard InChI is InChI=1S/C13H26N4O/c1-10(14)7-17-9-12(16(3)13(17)18)11-5-4-6-15(2)8-11/h10-12H,4-9,14H2,1-3H3. The van der Waals surface area contributed by atoms with Gasteiger partial charge in [-0.05, 0) is 39.3 Å². The van der Waals surface area contributed by atoms with Crippen molar-refractivity contribution in [3.05, 3.63) is 0 Å². The number of rotatable bonds is 3. The first kappa shape index (κ1) is 13.6. The van der Waals surface area contributed by atoms with Crippen molar-refractivity contribution in [2.24, 2.45) is 11.7 Å². The lowest BCUT2D eigenvalue weighted by Gasteiger charge is -2.35. The molecule has 2 amide bonds. The van der Waals surface area contributed by atoms with Gasteiger partial charge in [-0.25, -0.2) is 4.79 Å². The summed E-state index contributed by atoms with van der Waals surface area (Å²) in [6.45, 7) is 5.76. The number of piperidine rings is 1. The third-order valence-electron chi connectivity index (χ3n) is 4.19. The van der Waals surface area contributed by atoms with Gasteiger partial charge >= 0.3 is 6.03 Å². The summed E-state index contributed by atoms with van der Waals surface area (Å²) >= 11 is 0. The number of likely N-dealkylation sites (tertiary alicyclic amines) is 1. The maximum atomic E-state index is 12.2. The highest BCUT2D eigenvalue weighted by atomic mass is 16.2. The molecule has 3 unspecified atom stereocenters. The van der Waals surface area contributed by atoms with Crippen LogP contribution in [0.5, 0.6) is 0 Å². The van der Waals surface area contributed by atoms with Crippen molar-refractivity contribution in [3.8, 4) is 0 Å². The topological polar surface area (TPSA) is 52.8 Å². The van der Waals surface area contributed by atoms with Gasteiger partial charge in [0.15, 0.2) is 0 Å². The number of amides is 2. The number of nitrogens with zero attached hydrogens (tertiary/aromatic N) is 3. The summed E-state index contributed by atoms with van der Waals surface area (Å²) < 4.78 is 0. The van der Waals surface area contributed by atoms with E-state index in [0.717, 1.165) is 13.1 Å². The van der Waals surface area contributed by atoms with Crippen LogP contribution < -0.4 is 5.73 Å². The van der Waals surface area contributed by atoms with Crippen LogP contribution >= 0.6 is 0 Å². The Morgan fingerprint density at radius 3 is 2.72 bits per heavy atom. The number of urea groups is 1. The number of nitrogens with two attached hydrogens (primary N) is 1. The van der Waals surface area contributed by atoms with Gasteiger partial charge in [-0.15, -0.1) is 0 Å². The van der Waals surface area contributed by atoms with Crippen LogP contribution in [0.4, 0.5) is 4.79 Å². The number of likely N-dealkylation sites (N-methyl/N-ethyl adjacent to an activating group) is 1. The molecule has 18 heavy (non-hydrogen) atoms. The average Bonchev–Trinajstić information content (AvgIpc) is 2.57. The van der Waals surface area contributed by atoms with Crippen molar-refractivity contribution >= 4 is 6.03 Å². The molecule has 5 nitrogen and oxygen atoms in total. The molecule has 0 aromatic carbocycles. The van der Waals surface area contributed by atoms with Gasteiger partial charge in [-0.2, -0.15) is 0 Å². The molecule has 2 fully saturated rings. The fraction of sp³-hybridized carbons (Fsp3) is 0.923. The van der Waals surface area contributed by atoms with E-state index < -0.39 is 0 Å². The number of hydrogen-bond donors (Lipinski definition) is 1. The zero-order chi connectivity index (χ0) is 13.3. The Bertz CT molecular complexity index is 307. The van der Waals surface area contributed by atoms with Gasteiger partial charge in [-0.1, -0.05) is 0 Å². The fourth-order valence-corrected chi connectivity index (χ4v) is 3.28. The van der Waals surface area contributed by atoms with E-state index in [4.69, 9.17) is 5.73 Å². The molecule has 0 radical (unpaired) electrons. The predicted molar refractivity (Wildman–Crippen MR) is 72.4 cm³/mol. The van der Waals surface area contributed by atoms with Crippen LogP contribution in [0.3, 0.4) is 0 Å². The minimum Gasteiger partial charge on any atom is -0.326 e. The van der Waals surface area contributed by atoms with Crippen LogP contribution in [-0.4, -0.2) is 73.1 Å². The second-order valence-corrected chi connectivity index (χ2v) is 6.01. The fourth-order valence-electron chi connectivity index (χ4n) is 3.28. The van der Waals surface area contributed by atoms with E-state index in [1.165, 1.54) is 19.4 Å². The van der Waals surface area contributed by atoms with Gasteiger partial charge in [-0.3, -0.25) is 0 Å². The van der Waals surface area contributed by atoms with Crippen molar-refractivity contribution in [2.45, 2.75) is 31.8 Å². The lowest BCUT2D eigenvalue weighted by Crippen LogP contribution is -2.44. The molecule has 0 bridgehead atoms. The summed E-state index contributed by atoms with van der Waals surface area (Å²) in [7, 11) is 4.10. The molecule has 0 spiro atoms. The molecular formula is C13H26N4O. The van der Waals surface area contributed by atoms with Gasteiger partial charge in [0.05, 0.1) is 6.04 Å². The zero-order valence-corrected chi connectivity index (χ0v) is 11.8.